The Labute approximate surface area is 102 Å². The molecule has 0 aromatic carbocycles. The predicted octanol–water partition coefficient (Wildman–Crippen LogP) is 2.96. The van der Waals surface area contributed by atoms with E-state index in [0.29, 0.717) is 0 Å². The standard InChI is InChI=1S/C12H20ClN3/c1-4-14-8-6-7-10(3)12-11(13)9-15-16(12)5-2/h7,9,14H,4-6,8H2,1-3H3/b10-7-. The first-order chi connectivity index (χ1) is 7.70. The Kier molecular flexibility index (Phi) is 5.56. The van der Waals surface area contributed by atoms with Crippen molar-refractivity contribution in [2.75, 3.05) is 13.1 Å². The van der Waals surface area contributed by atoms with Crippen LogP contribution in [0.1, 0.15) is 32.9 Å². The van der Waals surface area contributed by atoms with Crippen LogP contribution in [0, 0.1) is 0 Å². The maximum Gasteiger partial charge on any atom is 0.0862 e. The molecular weight excluding hydrogens is 222 g/mol. The van der Waals surface area contributed by atoms with Crippen LogP contribution in [0.2, 0.25) is 5.02 Å². The maximum absolute atomic E-state index is 6.12. The minimum absolute atomic E-state index is 0.735. The van der Waals surface area contributed by atoms with E-state index in [2.05, 4.69) is 37.3 Å². The van der Waals surface area contributed by atoms with E-state index in [-0.39, 0.29) is 0 Å². The van der Waals surface area contributed by atoms with Crippen molar-refractivity contribution in [2.45, 2.75) is 33.7 Å². The number of aromatic nitrogens is 2. The van der Waals surface area contributed by atoms with Gasteiger partial charge in [0.2, 0.25) is 0 Å². The quantitative estimate of drug-likeness (QED) is 0.777. The van der Waals surface area contributed by atoms with E-state index in [4.69, 9.17) is 11.6 Å². The van der Waals surface area contributed by atoms with Crippen LogP contribution in [-0.4, -0.2) is 22.9 Å². The Balaban J connectivity index is 2.70. The molecule has 1 rings (SSSR count). The van der Waals surface area contributed by atoms with Gasteiger partial charge < -0.3 is 5.32 Å². The second-order valence-corrected chi connectivity index (χ2v) is 4.09. The van der Waals surface area contributed by atoms with Gasteiger partial charge in [-0.1, -0.05) is 24.6 Å². The highest BCUT2D eigenvalue weighted by atomic mass is 35.5. The minimum Gasteiger partial charge on any atom is -0.317 e. The summed E-state index contributed by atoms with van der Waals surface area (Å²) in [6.45, 7) is 9.13. The Morgan fingerprint density at radius 3 is 2.94 bits per heavy atom. The number of hydrogen-bond acceptors (Lipinski definition) is 2. The first-order valence-corrected chi connectivity index (χ1v) is 6.17. The monoisotopic (exact) mass is 241 g/mol. The van der Waals surface area contributed by atoms with Crippen LogP contribution < -0.4 is 5.32 Å². The predicted molar refractivity (Wildman–Crippen MR) is 69.7 cm³/mol. The van der Waals surface area contributed by atoms with Gasteiger partial charge in [-0.05, 0) is 38.9 Å². The molecule has 1 N–H and O–H groups in total. The van der Waals surface area contributed by atoms with Gasteiger partial charge >= 0.3 is 0 Å². The highest BCUT2D eigenvalue weighted by Gasteiger charge is 2.08. The van der Waals surface area contributed by atoms with E-state index in [1.54, 1.807) is 6.20 Å². The van der Waals surface area contributed by atoms with Crippen molar-refractivity contribution in [1.29, 1.82) is 0 Å². The molecule has 4 heteroatoms. The lowest BCUT2D eigenvalue weighted by atomic mass is 10.2. The van der Waals surface area contributed by atoms with Crippen LogP contribution >= 0.6 is 11.6 Å². The topological polar surface area (TPSA) is 29.9 Å². The molecule has 0 amide bonds. The molecule has 1 heterocycles. The van der Waals surface area contributed by atoms with Crippen molar-refractivity contribution in [3.8, 4) is 0 Å². The summed E-state index contributed by atoms with van der Waals surface area (Å²) in [5.41, 5.74) is 2.24. The van der Waals surface area contributed by atoms with E-state index >= 15 is 0 Å². The van der Waals surface area contributed by atoms with Gasteiger partial charge in [-0.3, -0.25) is 4.68 Å². The summed E-state index contributed by atoms with van der Waals surface area (Å²) in [6.07, 6.45) is 4.94. The van der Waals surface area contributed by atoms with Crippen LogP contribution in [0.3, 0.4) is 0 Å². The van der Waals surface area contributed by atoms with Crippen LogP contribution in [-0.2, 0) is 6.54 Å². The molecule has 0 saturated heterocycles. The Hall–Kier alpha value is -0.800. The van der Waals surface area contributed by atoms with Gasteiger partial charge in [0.25, 0.3) is 0 Å². The lowest BCUT2D eigenvalue weighted by Gasteiger charge is -2.06. The van der Waals surface area contributed by atoms with E-state index in [1.165, 1.54) is 5.57 Å². The van der Waals surface area contributed by atoms with Gasteiger partial charge in [0.15, 0.2) is 0 Å². The van der Waals surface area contributed by atoms with Crippen molar-refractivity contribution in [3.05, 3.63) is 23.0 Å². The first kappa shape index (κ1) is 13.3. The molecule has 0 radical (unpaired) electrons. The van der Waals surface area contributed by atoms with Gasteiger partial charge in [0, 0.05) is 6.54 Å². The van der Waals surface area contributed by atoms with Crippen LogP contribution in [0.4, 0.5) is 0 Å². The molecule has 0 fully saturated rings. The van der Waals surface area contributed by atoms with Crippen molar-refractivity contribution in [2.24, 2.45) is 0 Å². The molecule has 0 aliphatic heterocycles. The first-order valence-electron chi connectivity index (χ1n) is 5.79. The molecule has 0 aliphatic rings. The summed E-state index contributed by atoms with van der Waals surface area (Å²) in [5.74, 6) is 0. The number of nitrogens with one attached hydrogen (secondary N) is 1. The highest BCUT2D eigenvalue weighted by Crippen LogP contribution is 2.23. The minimum atomic E-state index is 0.735. The number of aryl methyl sites for hydroxylation is 1. The molecule has 1 aromatic rings. The Morgan fingerprint density at radius 2 is 2.31 bits per heavy atom. The number of allylic oxidation sites excluding steroid dienone is 1. The summed E-state index contributed by atoms with van der Waals surface area (Å²) in [5, 5.41) is 8.26. The number of halogens is 1. The number of hydrogen-bond donors (Lipinski definition) is 1. The molecule has 0 aliphatic carbocycles. The lowest BCUT2D eigenvalue weighted by molar-refractivity contribution is 0.650. The second-order valence-electron chi connectivity index (χ2n) is 3.69. The largest absolute Gasteiger partial charge is 0.317 e. The molecule has 0 saturated carbocycles. The van der Waals surface area contributed by atoms with E-state index in [0.717, 1.165) is 36.8 Å². The smallest absolute Gasteiger partial charge is 0.0862 e. The zero-order chi connectivity index (χ0) is 12.0. The summed E-state index contributed by atoms with van der Waals surface area (Å²) in [4.78, 5) is 0. The number of rotatable bonds is 6. The number of nitrogens with zero attached hydrogens (tertiary/aromatic N) is 2. The lowest BCUT2D eigenvalue weighted by Crippen LogP contribution is -2.13. The van der Waals surface area contributed by atoms with Crippen molar-refractivity contribution in [1.82, 2.24) is 15.1 Å². The second kappa shape index (κ2) is 6.71. The van der Waals surface area contributed by atoms with Gasteiger partial charge in [-0.25, -0.2) is 0 Å². The average Bonchev–Trinajstić information content (AvgIpc) is 2.65. The molecule has 90 valence electrons. The summed E-state index contributed by atoms with van der Waals surface area (Å²) >= 11 is 6.12. The van der Waals surface area contributed by atoms with E-state index < -0.39 is 0 Å². The van der Waals surface area contributed by atoms with Crippen LogP contribution in [0.25, 0.3) is 5.57 Å². The zero-order valence-corrected chi connectivity index (χ0v) is 11.0. The van der Waals surface area contributed by atoms with Gasteiger partial charge in [-0.15, -0.1) is 0 Å². The fourth-order valence-corrected chi connectivity index (χ4v) is 1.95. The molecule has 16 heavy (non-hydrogen) atoms. The molecular formula is C12H20ClN3. The van der Waals surface area contributed by atoms with Crippen LogP contribution in [0.15, 0.2) is 12.3 Å². The van der Waals surface area contributed by atoms with Crippen molar-refractivity contribution < 1.29 is 0 Å². The van der Waals surface area contributed by atoms with E-state index in [1.807, 2.05) is 4.68 Å². The maximum atomic E-state index is 6.12. The third kappa shape index (κ3) is 3.35. The summed E-state index contributed by atoms with van der Waals surface area (Å²) < 4.78 is 1.93. The molecule has 0 unspecified atom stereocenters. The molecule has 3 nitrogen and oxygen atoms in total. The fraction of sp³-hybridized carbons (Fsp3) is 0.583. The highest BCUT2D eigenvalue weighted by molar-refractivity contribution is 6.32. The summed E-state index contributed by atoms with van der Waals surface area (Å²) in [6, 6.07) is 0. The molecule has 0 atom stereocenters. The molecule has 0 spiro atoms. The molecule has 0 bridgehead atoms. The Bertz CT molecular complexity index is 355. The van der Waals surface area contributed by atoms with E-state index in [9.17, 15) is 0 Å². The van der Waals surface area contributed by atoms with Crippen molar-refractivity contribution in [3.63, 3.8) is 0 Å². The molecule has 1 aromatic heterocycles. The van der Waals surface area contributed by atoms with Gasteiger partial charge in [-0.2, -0.15) is 5.10 Å². The fourth-order valence-electron chi connectivity index (χ4n) is 1.66. The normalized spacial score (nSPS) is 12.1. The van der Waals surface area contributed by atoms with Crippen LogP contribution in [0.5, 0.6) is 0 Å². The van der Waals surface area contributed by atoms with Crippen molar-refractivity contribution >= 4 is 17.2 Å². The van der Waals surface area contributed by atoms with Gasteiger partial charge in [0.1, 0.15) is 0 Å². The Morgan fingerprint density at radius 1 is 1.56 bits per heavy atom. The zero-order valence-electron chi connectivity index (χ0n) is 10.3. The van der Waals surface area contributed by atoms with Gasteiger partial charge in [0.05, 0.1) is 16.9 Å². The average molecular weight is 242 g/mol. The SMILES string of the molecule is CCNCC/C=C(/C)c1c(Cl)cnn1CC. The summed E-state index contributed by atoms with van der Waals surface area (Å²) in [7, 11) is 0. The third-order valence-corrected chi connectivity index (χ3v) is 2.77. The third-order valence-electron chi connectivity index (χ3n) is 2.49.